The second kappa shape index (κ2) is 4.92. The first-order chi connectivity index (χ1) is 8.56. The molecule has 1 aromatic carbocycles. The van der Waals surface area contributed by atoms with E-state index in [2.05, 4.69) is 10.3 Å². The van der Waals surface area contributed by atoms with Crippen molar-refractivity contribution in [1.29, 1.82) is 0 Å². The van der Waals surface area contributed by atoms with E-state index < -0.39 is 17.7 Å². The van der Waals surface area contributed by atoms with E-state index in [1.54, 1.807) is 0 Å². The third-order valence-corrected chi connectivity index (χ3v) is 2.81. The van der Waals surface area contributed by atoms with Gasteiger partial charge in [-0.2, -0.15) is 0 Å². The van der Waals surface area contributed by atoms with E-state index in [-0.39, 0.29) is 16.4 Å². The minimum atomic E-state index is -1.16. The van der Waals surface area contributed by atoms with Gasteiger partial charge in [0.05, 0.1) is 0 Å². The minimum absolute atomic E-state index is 0.130. The molecule has 0 spiro atoms. The molecular formula is C11H7FN2O3S. The second-order valence-electron chi connectivity index (χ2n) is 3.30. The van der Waals surface area contributed by atoms with Crippen LogP contribution in [-0.4, -0.2) is 22.0 Å². The molecule has 0 aliphatic carbocycles. The molecule has 0 aliphatic rings. The van der Waals surface area contributed by atoms with Gasteiger partial charge in [0.15, 0.2) is 10.8 Å². The van der Waals surface area contributed by atoms with Gasteiger partial charge < -0.3 is 5.11 Å². The molecule has 2 aromatic rings. The Morgan fingerprint density at radius 2 is 1.94 bits per heavy atom. The van der Waals surface area contributed by atoms with Gasteiger partial charge in [0.2, 0.25) is 0 Å². The summed E-state index contributed by atoms with van der Waals surface area (Å²) in [4.78, 5) is 26.0. The van der Waals surface area contributed by atoms with Crippen molar-refractivity contribution in [3.8, 4) is 0 Å². The smallest absolute Gasteiger partial charge is 0.355 e. The van der Waals surface area contributed by atoms with E-state index in [9.17, 15) is 14.0 Å². The molecule has 92 valence electrons. The van der Waals surface area contributed by atoms with Gasteiger partial charge in [0.1, 0.15) is 5.82 Å². The number of halogens is 1. The topological polar surface area (TPSA) is 79.3 Å². The second-order valence-corrected chi connectivity index (χ2v) is 4.16. The summed E-state index contributed by atoms with van der Waals surface area (Å²) in [7, 11) is 0. The van der Waals surface area contributed by atoms with Gasteiger partial charge in [-0.25, -0.2) is 14.2 Å². The van der Waals surface area contributed by atoms with Gasteiger partial charge in [-0.1, -0.05) is 0 Å². The van der Waals surface area contributed by atoms with Crippen molar-refractivity contribution >= 4 is 28.3 Å². The fourth-order valence-electron chi connectivity index (χ4n) is 1.20. The number of nitrogens with zero attached hydrogens (tertiary/aromatic N) is 1. The number of carboxylic acids is 1. The average molecular weight is 266 g/mol. The molecule has 0 fully saturated rings. The highest BCUT2D eigenvalue weighted by molar-refractivity contribution is 7.14. The highest BCUT2D eigenvalue weighted by Crippen LogP contribution is 2.16. The molecule has 0 atom stereocenters. The maximum Gasteiger partial charge on any atom is 0.355 e. The number of hydrogen-bond acceptors (Lipinski definition) is 4. The molecule has 1 amide bonds. The van der Waals surface area contributed by atoms with Gasteiger partial charge in [-0.3, -0.25) is 10.1 Å². The third-order valence-electron chi connectivity index (χ3n) is 2.05. The number of carbonyl (C=O) groups is 2. The number of carbonyl (C=O) groups excluding carboxylic acids is 1. The van der Waals surface area contributed by atoms with Crippen molar-refractivity contribution in [1.82, 2.24) is 4.98 Å². The molecule has 1 aromatic heterocycles. The molecule has 0 saturated heterocycles. The zero-order chi connectivity index (χ0) is 13.1. The van der Waals surface area contributed by atoms with Gasteiger partial charge in [-0.05, 0) is 24.3 Å². The summed E-state index contributed by atoms with van der Waals surface area (Å²) in [5.74, 6) is -2.07. The predicted molar refractivity (Wildman–Crippen MR) is 63.4 cm³/mol. The van der Waals surface area contributed by atoms with Gasteiger partial charge in [-0.15, -0.1) is 11.3 Å². The summed E-state index contributed by atoms with van der Waals surface area (Å²) in [6, 6.07) is 4.99. The van der Waals surface area contributed by atoms with Crippen LogP contribution in [0.5, 0.6) is 0 Å². The van der Waals surface area contributed by atoms with E-state index in [1.165, 1.54) is 29.6 Å². The van der Waals surface area contributed by atoms with Crippen LogP contribution in [0.1, 0.15) is 20.8 Å². The van der Waals surface area contributed by atoms with Crippen LogP contribution in [0.3, 0.4) is 0 Å². The number of benzene rings is 1. The number of anilines is 1. The van der Waals surface area contributed by atoms with Crippen molar-refractivity contribution in [2.24, 2.45) is 0 Å². The van der Waals surface area contributed by atoms with Crippen LogP contribution in [0.2, 0.25) is 0 Å². The standard InChI is InChI=1S/C11H7FN2O3S/c12-7-3-1-6(2-4-7)9(15)14-11-13-8(5-18-11)10(16)17/h1-5H,(H,16,17)(H,13,14,15). The van der Waals surface area contributed by atoms with Crippen molar-refractivity contribution in [2.75, 3.05) is 5.32 Å². The Morgan fingerprint density at radius 1 is 1.28 bits per heavy atom. The number of carboxylic acid groups (broad SMARTS) is 1. The molecule has 0 bridgehead atoms. The lowest BCUT2D eigenvalue weighted by molar-refractivity contribution is 0.0691. The zero-order valence-electron chi connectivity index (χ0n) is 8.88. The number of aromatic carboxylic acids is 1. The van der Waals surface area contributed by atoms with Crippen LogP contribution in [0.15, 0.2) is 29.6 Å². The van der Waals surface area contributed by atoms with Crippen molar-refractivity contribution in [2.45, 2.75) is 0 Å². The van der Waals surface area contributed by atoms with E-state index in [0.717, 1.165) is 11.3 Å². The Kier molecular flexibility index (Phi) is 3.33. The van der Waals surface area contributed by atoms with Crippen LogP contribution in [-0.2, 0) is 0 Å². The fourth-order valence-corrected chi connectivity index (χ4v) is 1.88. The summed E-state index contributed by atoms with van der Waals surface area (Å²) in [5, 5.41) is 12.6. The first-order valence-corrected chi connectivity index (χ1v) is 5.70. The predicted octanol–water partition coefficient (Wildman–Crippen LogP) is 2.23. The summed E-state index contributed by atoms with van der Waals surface area (Å²) in [5.41, 5.74) is 0.137. The lowest BCUT2D eigenvalue weighted by Gasteiger charge is -2.00. The highest BCUT2D eigenvalue weighted by Gasteiger charge is 2.12. The SMILES string of the molecule is O=C(Nc1nc(C(=O)O)cs1)c1ccc(F)cc1. The quantitative estimate of drug-likeness (QED) is 0.892. The van der Waals surface area contributed by atoms with Crippen LogP contribution in [0.4, 0.5) is 9.52 Å². The third kappa shape index (κ3) is 2.69. The molecule has 0 unspecified atom stereocenters. The molecule has 18 heavy (non-hydrogen) atoms. The van der Waals surface area contributed by atoms with Crippen molar-refractivity contribution < 1.29 is 19.1 Å². The van der Waals surface area contributed by atoms with E-state index in [0.29, 0.717) is 0 Å². The molecule has 5 nitrogen and oxygen atoms in total. The van der Waals surface area contributed by atoms with Gasteiger partial charge in [0, 0.05) is 10.9 Å². The number of rotatable bonds is 3. The largest absolute Gasteiger partial charge is 0.476 e. The maximum atomic E-state index is 12.7. The Labute approximate surface area is 105 Å². The molecular weight excluding hydrogens is 259 g/mol. The van der Waals surface area contributed by atoms with E-state index in [1.807, 2.05) is 0 Å². The number of hydrogen-bond donors (Lipinski definition) is 2. The Hall–Kier alpha value is -2.28. The van der Waals surface area contributed by atoms with E-state index >= 15 is 0 Å². The van der Waals surface area contributed by atoms with Crippen molar-refractivity contribution in [3.05, 3.63) is 46.7 Å². The number of aromatic nitrogens is 1. The van der Waals surface area contributed by atoms with Gasteiger partial charge in [0.25, 0.3) is 5.91 Å². The highest BCUT2D eigenvalue weighted by atomic mass is 32.1. The number of nitrogens with one attached hydrogen (secondary N) is 1. The maximum absolute atomic E-state index is 12.7. The number of amides is 1. The molecule has 0 aliphatic heterocycles. The lowest BCUT2D eigenvalue weighted by Crippen LogP contribution is -2.11. The average Bonchev–Trinajstić information content (AvgIpc) is 2.78. The van der Waals surface area contributed by atoms with Crippen LogP contribution in [0, 0.1) is 5.82 Å². The van der Waals surface area contributed by atoms with Gasteiger partial charge >= 0.3 is 5.97 Å². The van der Waals surface area contributed by atoms with Crippen LogP contribution < -0.4 is 5.32 Å². The first-order valence-electron chi connectivity index (χ1n) is 4.82. The Bertz CT molecular complexity index is 595. The van der Waals surface area contributed by atoms with E-state index in [4.69, 9.17) is 5.11 Å². The molecule has 0 saturated carbocycles. The summed E-state index contributed by atoms with van der Waals surface area (Å²) >= 11 is 1.01. The summed E-state index contributed by atoms with van der Waals surface area (Å²) in [6.07, 6.45) is 0. The summed E-state index contributed by atoms with van der Waals surface area (Å²) < 4.78 is 12.7. The zero-order valence-corrected chi connectivity index (χ0v) is 9.70. The molecule has 1 heterocycles. The van der Waals surface area contributed by atoms with Crippen molar-refractivity contribution in [3.63, 3.8) is 0 Å². The Balaban J connectivity index is 2.11. The number of thiazole rings is 1. The Morgan fingerprint density at radius 3 is 2.50 bits per heavy atom. The summed E-state index contributed by atoms with van der Waals surface area (Å²) in [6.45, 7) is 0. The minimum Gasteiger partial charge on any atom is -0.476 e. The molecule has 2 N–H and O–H groups in total. The monoisotopic (exact) mass is 266 g/mol. The van der Waals surface area contributed by atoms with Crippen LogP contribution >= 0.6 is 11.3 Å². The lowest BCUT2D eigenvalue weighted by atomic mass is 10.2. The normalized spacial score (nSPS) is 10.1. The van der Waals surface area contributed by atoms with Crippen LogP contribution in [0.25, 0.3) is 0 Å². The molecule has 2 rings (SSSR count). The molecule has 7 heteroatoms. The molecule has 0 radical (unpaired) electrons. The first kappa shape index (κ1) is 12.2. The fraction of sp³-hybridized carbons (Fsp3) is 0.